The van der Waals surface area contributed by atoms with Crippen molar-refractivity contribution >= 4 is 46.5 Å². The minimum Gasteiger partial charge on any atom is -0.486 e. The van der Waals surface area contributed by atoms with Gasteiger partial charge < -0.3 is 25.4 Å². The van der Waals surface area contributed by atoms with Crippen molar-refractivity contribution in [2.75, 3.05) is 24.3 Å². The number of benzene rings is 1. The minimum absolute atomic E-state index is 0.120. The second-order valence-corrected chi connectivity index (χ2v) is 9.42. The highest BCUT2D eigenvalue weighted by Gasteiger charge is 2.28. The number of amides is 3. The topological polar surface area (TPSA) is 118 Å². The van der Waals surface area contributed by atoms with Gasteiger partial charge in [0.1, 0.15) is 18.7 Å². The summed E-state index contributed by atoms with van der Waals surface area (Å²) in [5.41, 5.74) is 0.165. The molecule has 3 amide bonds. The fourth-order valence-electron chi connectivity index (χ4n) is 3.34. The van der Waals surface area contributed by atoms with Crippen LogP contribution in [-0.4, -0.2) is 48.2 Å². The van der Waals surface area contributed by atoms with Gasteiger partial charge in [-0.1, -0.05) is 6.07 Å². The first kappa shape index (κ1) is 22.4. The average Bonchev–Trinajstić information content (AvgIpc) is 3.30. The van der Waals surface area contributed by atoms with Gasteiger partial charge in [0.25, 0.3) is 0 Å². The van der Waals surface area contributed by atoms with Crippen LogP contribution in [0.2, 0.25) is 0 Å². The zero-order valence-electron chi connectivity index (χ0n) is 17.2. The Labute approximate surface area is 193 Å². The lowest BCUT2D eigenvalue weighted by atomic mass is 10.1. The molecule has 0 saturated carbocycles. The van der Waals surface area contributed by atoms with Gasteiger partial charge in [-0.15, -0.1) is 23.1 Å². The van der Waals surface area contributed by atoms with Crippen LogP contribution in [0.25, 0.3) is 0 Å². The molecule has 1 aromatic carbocycles. The summed E-state index contributed by atoms with van der Waals surface area (Å²) in [6.45, 7) is 1.46. The summed E-state index contributed by atoms with van der Waals surface area (Å²) in [7, 11) is 0. The highest BCUT2D eigenvalue weighted by molar-refractivity contribution is 8.00. The number of fused-ring (bicyclic) bond motifs is 1. The smallest absolute Gasteiger partial charge is 0.234 e. The molecule has 0 bridgehead atoms. The second kappa shape index (κ2) is 10.7. The summed E-state index contributed by atoms with van der Waals surface area (Å²) in [5.74, 6) is 0.907. The third-order valence-corrected chi connectivity index (χ3v) is 6.68. The van der Waals surface area contributed by atoms with Gasteiger partial charge in [-0.2, -0.15) is 0 Å². The number of ether oxygens (including phenoxy) is 2. The van der Waals surface area contributed by atoms with Crippen molar-refractivity contribution in [3.8, 4) is 11.5 Å². The van der Waals surface area contributed by atoms with Gasteiger partial charge >= 0.3 is 0 Å². The quantitative estimate of drug-likeness (QED) is 0.458. The lowest BCUT2D eigenvalue weighted by Gasteiger charge is -2.30. The maximum Gasteiger partial charge on any atom is 0.234 e. The van der Waals surface area contributed by atoms with E-state index < -0.39 is 5.50 Å². The van der Waals surface area contributed by atoms with E-state index in [0.717, 1.165) is 4.88 Å². The third-order valence-electron chi connectivity index (χ3n) is 4.79. The van der Waals surface area contributed by atoms with Crippen molar-refractivity contribution in [2.24, 2.45) is 0 Å². The third kappa shape index (κ3) is 6.38. The van der Waals surface area contributed by atoms with Crippen molar-refractivity contribution in [1.29, 1.82) is 0 Å². The zero-order chi connectivity index (χ0) is 22.3. The van der Waals surface area contributed by atoms with Crippen LogP contribution in [0.5, 0.6) is 11.5 Å². The first-order valence-corrected chi connectivity index (χ1v) is 12.1. The molecule has 2 atom stereocenters. The number of nitrogens with one attached hydrogen (secondary N) is 4. The van der Waals surface area contributed by atoms with E-state index in [0.29, 0.717) is 36.9 Å². The molecular weight excluding hydrogens is 452 g/mol. The Bertz CT molecular complexity index is 969. The summed E-state index contributed by atoms with van der Waals surface area (Å²) in [4.78, 5) is 37.7. The average molecular weight is 477 g/mol. The van der Waals surface area contributed by atoms with Crippen molar-refractivity contribution in [1.82, 2.24) is 16.0 Å². The Balaban J connectivity index is 1.21. The lowest BCUT2D eigenvalue weighted by molar-refractivity contribution is -0.125. The highest BCUT2D eigenvalue weighted by atomic mass is 32.2. The Morgan fingerprint density at radius 3 is 2.81 bits per heavy atom. The van der Waals surface area contributed by atoms with Gasteiger partial charge in [0.2, 0.25) is 17.7 Å². The predicted molar refractivity (Wildman–Crippen MR) is 123 cm³/mol. The maximum atomic E-state index is 12.4. The molecule has 3 heterocycles. The first-order valence-electron chi connectivity index (χ1n) is 10.2. The van der Waals surface area contributed by atoms with Gasteiger partial charge in [0.05, 0.1) is 12.3 Å². The first-order chi connectivity index (χ1) is 15.5. The van der Waals surface area contributed by atoms with E-state index in [9.17, 15) is 14.4 Å². The van der Waals surface area contributed by atoms with Crippen LogP contribution in [0.15, 0.2) is 35.7 Å². The number of thioether (sulfide) groups is 1. The van der Waals surface area contributed by atoms with Gasteiger partial charge in [-0.25, -0.2) is 0 Å². The molecule has 4 rings (SSSR count). The van der Waals surface area contributed by atoms with Gasteiger partial charge in [0, 0.05) is 35.5 Å². The molecular formula is C21H24N4O5S2. The molecule has 1 fully saturated rings. The van der Waals surface area contributed by atoms with Crippen LogP contribution >= 0.6 is 23.1 Å². The van der Waals surface area contributed by atoms with Crippen molar-refractivity contribution in [3.05, 3.63) is 40.6 Å². The Morgan fingerprint density at radius 1 is 1.16 bits per heavy atom. The Kier molecular flexibility index (Phi) is 7.51. The maximum absolute atomic E-state index is 12.4. The molecule has 9 nitrogen and oxygen atoms in total. The summed E-state index contributed by atoms with van der Waals surface area (Å²) in [6.07, 6.45) is 0.409. The summed E-state index contributed by atoms with van der Waals surface area (Å²) in [6, 6.07) is 8.84. The predicted octanol–water partition coefficient (Wildman–Crippen LogP) is 1.66. The van der Waals surface area contributed by atoms with E-state index in [-0.39, 0.29) is 42.4 Å². The zero-order valence-corrected chi connectivity index (χ0v) is 18.9. The summed E-state index contributed by atoms with van der Waals surface area (Å²) < 4.78 is 11.0. The molecule has 2 aromatic rings. The van der Waals surface area contributed by atoms with Crippen LogP contribution < -0.4 is 30.7 Å². The van der Waals surface area contributed by atoms with Crippen molar-refractivity contribution in [2.45, 2.75) is 30.9 Å². The van der Waals surface area contributed by atoms with Crippen molar-refractivity contribution < 1.29 is 23.9 Å². The standard InChI is InChI=1S/C21H24N4O5S2/c26-18(22-11-15-2-1-7-31-15)9-14-10-19(27)25-21(24-14)32-12-20(28)23-13-3-4-16-17(8-13)30-6-5-29-16/h1-4,7-8,14,21,24H,5-6,9-12H2,(H,22,26)(H,23,28)(H,25,27). The van der Waals surface area contributed by atoms with Gasteiger partial charge in [-0.05, 0) is 23.6 Å². The van der Waals surface area contributed by atoms with E-state index >= 15 is 0 Å². The van der Waals surface area contributed by atoms with E-state index in [2.05, 4.69) is 21.3 Å². The van der Waals surface area contributed by atoms with E-state index in [1.807, 2.05) is 17.5 Å². The van der Waals surface area contributed by atoms with E-state index in [4.69, 9.17) is 9.47 Å². The molecule has 2 unspecified atom stereocenters. The number of carbonyl (C=O) groups is 3. The number of rotatable bonds is 8. The number of thiophene rings is 1. The van der Waals surface area contributed by atoms with Crippen LogP contribution in [0.4, 0.5) is 5.69 Å². The molecule has 32 heavy (non-hydrogen) atoms. The fraction of sp³-hybridized carbons (Fsp3) is 0.381. The molecule has 0 radical (unpaired) electrons. The molecule has 1 saturated heterocycles. The van der Waals surface area contributed by atoms with E-state index in [1.165, 1.54) is 11.8 Å². The molecule has 170 valence electrons. The number of hydrogen-bond donors (Lipinski definition) is 4. The Morgan fingerprint density at radius 2 is 2.00 bits per heavy atom. The molecule has 11 heteroatoms. The number of hydrogen-bond acceptors (Lipinski definition) is 8. The minimum atomic E-state index is -0.447. The summed E-state index contributed by atoms with van der Waals surface area (Å²) >= 11 is 2.84. The fourth-order valence-corrected chi connectivity index (χ4v) is 4.87. The van der Waals surface area contributed by atoms with Crippen LogP contribution in [0.3, 0.4) is 0 Å². The number of carbonyl (C=O) groups excluding carboxylic acids is 3. The molecule has 4 N–H and O–H groups in total. The van der Waals surface area contributed by atoms with Crippen molar-refractivity contribution in [3.63, 3.8) is 0 Å². The molecule has 2 aliphatic heterocycles. The Hall–Kier alpha value is -2.76. The van der Waals surface area contributed by atoms with Crippen LogP contribution in [-0.2, 0) is 20.9 Å². The van der Waals surface area contributed by atoms with Crippen LogP contribution in [0, 0.1) is 0 Å². The monoisotopic (exact) mass is 476 g/mol. The normalized spacial score (nSPS) is 19.7. The van der Waals surface area contributed by atoms with Gasteiger partial charge in [0.15, 0.2) is 11.5 Å². The van der Waals surface area contributed by atoms with E-state index in [1.54, 1.807) is 29.5 Å². The lowest BCUT2D eigenvalue weighted by Crippen LogP contribution is -2.56. The molecule has 0 spiro atoms. The largest absolute Gasteiger partial charge is 0.486 e. The SMILES string of the molecule is O=C(CC1CC(=O)NC(SCC(=O)Nc2ccc3c(c2)OCCO3)N1)NCc1cccs1. The number of anilines is 1. The molecule has 2 aliphatic rings. The van der Waals surface area contributed by atoms with Crippen LogP contribution in [0.1, 0.15) is 17.7 Å². The summed E-state index contributed by atoms with van der Waals surface area (Å²) in [5, 5.41) is 13.7. The second-order valence-electron chi connectivity index (χ2n) is 7.29. The molecule has 1 aromatic heterocycles. The highest BCUT2D eigenvalue weighted by Crippen LogP contribution is 2.32. The molecule has 0 aliphatic carbocycles. The van der Waals surface area contributed by atoms with Gasteiger partial charge in [-0.3, -0.25) is 19.7 Å².